The number of rotatable bonds is 5. The van der Waals surface area contributed by atoms with Crippen molar-refractivity contribution >= 4 is 11.6 Å². The van der Waals surface area contributed by atoms with E-state index in [0.29, 0.717) is 23.0 Å². The maximum absolute atomic E-state index is 5.47. The van der Waals surface area contributed by atoms with Gasteiger partial charge in [0.1, 0.15) is 5.75 Å². The Bertz CT molecular complexity index is 302. The molecule has 0 atom stereocenters. The maximum atomic E-state index is 5.47. The van der Waals surface area contributed by atoms with Gasteiger partial charge in [-0.05, 0) is 0 Å². The molecule has 1 rings (SSSR count). The molecule has 0 unspecified atom stereocenters. The minimum absolute atomic E-state index is 0.0681. The molecular weight excluding hydrogens is 220 g/mol. The summed E-state index contributed by atoms with van der Waals surface area (Å²) < 4.78 is 20.6. The van der Waals surface area contributed by atoms with Crippen LogP contribution >= 0.6 is 11.6 Å². The molecule has 0 bridgehead atoms. The molecule has 0 radical (unpaired) electrons. The topological polar surface area (TPSA) is 36.9 Å². The smallest absolute Gasteiger partial charge is 0.203 e. The van der Waals surface area contributed by atoms with Crippen LogP contribution in [0.2, 0.25) is 0 Å². The van der Waals surface area contributed by atoms with Crippen LogP contribution in [0.5, 0.6) is 23.0 Å². The summed E-state index contributed by atoms with van der Waals surface area (Å²) in [4.78, 5) is 0. The summed E-state index contributed by atoms with van der Waals surface area (Å²) in [5.74, 6) is 2.18. The van der Waals surface area contributed by atoms with Crippen LogP contribution in [0.15, 0.2) is 12.1 Å². The first kappa shape index (κ1) is 11.8. The van der Waals surface area contributed by atoms with Crippen molar-refractivity contribution in [3.63, 3.8) is 0 Å². The van der Waals surface area contributed by atoms with Crippen LogP contribution in [-0.4, -0.2) is 27.4 Å². The van der Waals surface area contributed by atoms with Gasteiger partial charge in [0.25, 0.3) is 0 Å². The van der Waals surface area contributed by atoms with Gasteiger partial charge in [0.05, 0.1) is 21.3 Å². The van der Waals surface area contributed by atoms with Crippen molar-refractivity contribution in [2.24, 2.45) is 0 Å². The molecule has 0 saturated carbocycles. The largest absolute Gasteiger partial charge is 0.493 e. The minimum atomic E-state index is 0.0681. The lowest BCUT2D eigenvalue weighted by Crippen LogP contribution is -1.97. The molecule has 0 aromatic heterocycles. The van der Waals surface area contributed by atoms with Crippen molar-refractivity contribution < 1.29 is 18.9 Å². The van der Waals surface area contributed by atoms with Gasteiger partial charge < -0.3 is 18.9 Å². The van der Waals surface area contributed by atoms with Gasteiger partial charge in [0.2, 0.25) is 5.75 Å². The number of hydrogen-bond acceptors (Lipinski definition) is 4. The zero-order chi connectivity index (χ0) is 11.3. The van der Waals surface area contributed by atoms with Crippen LogP contribution < -0.4 is 18.9 Å². The lowest BCUT2D eigenvalue weighted by Gasteiger charge is -2.13. The predicted octanol–water partition coefficient (Wildman–Crippen LogP) is 2.29. The predicted molar refractivity (Wildman–Crippen MR) is 57.4 cm³/mol. The van der Waals surface area contributed by atoms with Crippen LogP contribution in [0.25, 0.3) is 0 Å². The maximum Gasteiger partial charge on any atom is 0.203 e. The summed E-state index contributed by atoms with van der Waals surface area (Å²) >= 11 is 5.47. The van der Waals surface area contributed by atoms with E-state index in [4.69, 9.17) is 30.5 Å². The van der Waals surface area contributed by atoms with Crippen LogP contribution in [0, 0.1) is 0 Å². The third kappa shape index (κ3) is 2.59. The quantitative estimate of drug-likeness (QED) is 0.730. The Balaban J connectivity index is 3.16. The monoisotopic (exact) mass is 232 g/mol. The third-order valence-electron chi connectivity index (χ3n) is 1.86. The second kappa shape index (κ2) is 5.56. The zero-order valence-electron chi connectivity index (χ0n) is 8.87. The van der Waals surface area contributed by atoms with Crippen LogP contribution in [0.4, 0.5) is 0 Å². The number of benzene rings is 1. The molecule has 0 aliphatic rings. The van der Waals surface area contributed by atoms with Gasteiger partial charge in [0, 0.05) is 12.1 Å². The fourth-order valence-corrected chi connectivity index (χ4v) is 1.33. The fraction of sp³-hybridized carbons (Fsp3) is 0.400. The highest BCUT2D eigenvalue weighted by molar-refractivity contribution is 6.17. The van der Waals surface area contributed by atoms with E-state index in [9.17, 15) is 0 Å². The number of hydrogen-bond donors (Lipinski definition) is 0. The molecule has 0 spiro atoms. The highest BCUT2D eigenvalue weighted by Gasteiger charge is 2.13. The van der Waals surface area contributed by atoms with E-state index in [1.165, 1.54) is 0 Å². The van der Waals surface area contributed by atoms with Gasteiger partial charge >= 0.3 is 0 Å². The Kier molecular flexibility index (Phi) is 4.37. The first-order valence-corrected chi connectivity index (χ1v) is 4.79. The number of methoxy groups -OCH3 is 3. The van der Waals surface area contributed by atoms with Gasteiger partial charge in [-0.1, -0.05) is 11.6 Å². The number of alkyl halides is 1. The molecule has 0 saturated heterocycles. The van der Waals surface area contributed by atoms with Crippen molar-refractivity contribution in [2.45, 2.75) is 0 Å². The molecular formula is C10H13ClO4. The van der Waals surface area contributed by atoms with Gasteiger partial charge in [-0.25, -0.2) is 0 Å². The highest BCUT2D eigenvalue weighted by atomic mass is 35.5. The minimum Gasteiger partial charge on any atom is -0.493 e. The average Bonchev–Trinajstić information content (AvgIpc) is 2.28. The van der Waals surface area contributed by atoms with Crippen LogP contribution in [-0.2, 0) is 0 Å². The van der Waals surface area contributed by atoms with Gasteiger partial charge in [-0.3, -0.25) is 0 Å². The van der Waals surface area contributed by atoms with Gasteiger partial charge in [-0.15, -0.1) is 0 Å². The Morgan fingerprint density at radius 2 is 1.53 bits per heavy atom. The summed E-state index contributed by atoms with van der Waals surface area (Å²) in [7, 11) is 4.63. The van der Waals surface area contributed by atoms with Crippen molar-refractivity contribution in [1.29, 1.82) is 0 Å². The van der Waals surface area contributed by atoms with Gasteiger partial charge in [-0.2, -0.15) is 0 Å². The Labute approximate surface area is 93.6 Å². The fourth-order valence-electron chi connectivity index (χ4n) is 1.20. The summed E-state index contributed by atoms with van der Waals surface area (Å²) in [5.41, 5.74) is 0. The Hall–Kier alpha value is -1.29. The van der Waals surface area contributed by atoms with Crippen LogP contribution in [0.3, 0.4) is 0 Å². The molecule has 0 aliphatic heterocycles. The Morgan fingerprint density at radius 1 is 1.00 bits per heavy atom. The van der Waals surface area contributed by atoms with Crippen molar-refractivity contribution in [3.05, 3.63) is 12.1 Å². The first-order valence-electron chi connectivity index (χ1n) is 4.25. The van der Waals surface area contributed by atoms with E-state index in [0.717, 1.165) is 0 Å². The first-order chi connectivity index (χ1) is 7.26. The summed E-state index contributed by atoms with van der Waals surface area (Å²) in [6.45, 7) is 0. The molecule has 4 nitrogen and oxygen atoms in total. The number of halogens is 1. The van der Waals surface area contributed by atoms with Gasteiger partial charge in [0.15, 0.2) is 17.6 Å². The molecule has 0 heterocycles. The lowest BCUT2D eigenvalue weighted by molar-refractivity contribution is 0.316. The van der Waals surface area contributed by atoms with E-state index in [-0.39, 0.29) is 6.07 Å². The average molecular weight is 233 g/mol. The van der Waals surface area contributed by atoms with E-state index in [1.807, 2.05) is 0 Å². The van der Waals surface area contributed by atoms with Crippen molar-refractivity contribution in [3.8, 4) is 23.0 Å². The van der Waals surface area contributed by atoms with Crippen molar-refractivity contribution in [1.82, 2.24) is 0 Å². The molecule has 15 heavy (non-hydrogen) atoms. The summed E-state index contributed by atoms with van der Waals surface area (Å²) in [6, 6.07) is 3.44. The van der Waals surface area contributed by atoms with E-state index in [1.54, 1.807) is 33.5 Å². The molecule has 0 amide bonds. The van der Waals surface area contributed by atoms with E-state index >= 15 is 0 Å². The molecule has 0 N–H and O–H groups in total. The molecule has 84 valence electrons. The summed E-state index contributed by atoms with van der Waals surface area (Å²) in [6.07, 6.45) is 0. The van der Waals surface area contributed by atoms with E-state index in [2.05, 4.69) is 0 Å². The van der Waals surface area contributed by atoms with Crippen LogP contribution in [0.1, 0.15) is 0 Å². The zero-order valence-corrected chi connectivity index (χ0v) is 9.63. The standard InChI is InChI=1S/C10H13ClO4/c1-12-8-4-7(15-6-11)5-9(13-2)10(8)14-3/h4-5H,6H2,1-3H3. The Morgan fingerprint density at radius 3 is 1.87 bits per heavy atom. The number of ether oxygens (including phenoxy) is 4. The summed E-state index contributed by atoms with van der Waals surface area (Å²) in [5, 5.41) is 0. The van der Waals surface area contributed by atoms with E-state index < -0.39 is 0 Å². The second-order valence-corrected chi connectivity index (χ2v) is 2.83. The molecule has 5 heteroatoms. The third-order valence-corrected chi connectivity index (χ3v) is 1.97. The highest BCUT2D eigenvalue weighted by Crippen LogP contribution is 2.40. The second-order valence-electron chi connectivity index (χ2n) is 2.61. The molecule has 0 aliphatic carbocycles. The molecule has 1 aromatic rings. The molecule has 0 fully saturated rings. The SMILES string of the molecule is COc1cc(OCCl)cc(OC)c1OC. The molecule has 1 aromatic carbocycles. The van der Waals surface area contributed by atoms with Crippen molar-refractivity contribution in [2.75, 3.05) is 27.4 Å². The lowest BCUT2D eigenvalue weighted by atomic mass is 10.2. The normalized spacial score (nSPS) is 9.60.